The van der Waals surface area contributed by atoms with Crippen LogP contribution in [-0.4, -0.2) is 38.9 Å². The number of carboxylic acid groups (broad SMARTS) is 1. The van der Waals surface area contributed by atoms with Gasteiger partial charge in [-0.3, -0.25) is 4.31 Å². The summed E-state index contributed by atoms with van der Waals surface area (Å²) in [6.07, 6.45) is 0.0460. The number of anilines is 1. The number of carboxylic acids is 1. The summed E-state index contributed by atoms with van der Waals surface area (Å²) in [5.41, 5.74) is 1.77. The standard InChI is InChI=1S/C23H26ClNO5S/c1-15-7-11-19(25(5)31(6,28)29)14-16(15)8-9-17-13-18(24)10-12-20(17)30-21(22(26)27)23(2,3)4/h7,10-14,21H,1-6H3,(H,26,27). The maximum atomic E-state index is 11.8. The Balaban J connectivity index is 2.50. The smallest absolute Gasteiger partial charge is 0.345 e. The Kier molecular flexibility index (Phi) is 7.30. The molecule has 1 N–H and O–H groups in total. The first kappa shape index (κ1) is 24.6. The Morgan fingerprint density at radius 2 is 1.74 bits per heavy atom. The molecule has 2 aromatic rings. The van der Waals surface area contributed by atoms with Crippen molar-refractivity contribution in [2.75, 3.05) is 17.6 Å². The number of rotatable bonds is 5. The normalized spacial score (nSPS) is 12.5. The van der Waals surface area contributed by atoms with Gasteiger partial charge in [0.15, 0.2) is 6.10 Å². The third kappa shape index (κ3) is 6.39. The van der Waals surface area contributed by atoms with Gasteiger partial charge in [0, 0.05) is 23.0 Å². The third-order valence-electron chi connectivity index (χ3n) is 4.61. The van der Waals surface area contributed by atoms with E-state index in [2.05, 4.69) is 11.8 Å². The van der Waals surface area contributed by atoms with Gasteiger partial charge in [0.05, 0.1) is 17.5 Å². The van der Waals surface area contributed by atoms with Crippen molar-refractivity contribution >= 4 is 33.3 Å². The Hall–Kier alpha value is -2.69. The lowest BCUT2D eigenvalue weighted by Crippen LogP contribution is -2.39. The number of hydrogen-bond acceptors (Lipinski definition) is 4. The molecular weight excluding hydrogens is 438 g/mol. The van der Waals surface area contributed by atoms with E-state index < -0.39 is 27.5 Å². The highest BCUT2D eigenvalue weighted by Gasteiger charge is 2.33. The first-order chi connectivity index (χ1) is 14.2. The second-order valence-corrected chi connectivity index (χ2v) is 10.8. The first-order valence-electron chi connectivity index (χ1n) is 9.45. The summed E-state index contributed by atoms with van der Waals surface area (Å²) in [4.78, 5) is 11.7. The van der Waals surface area contributed by atoms with Crippen molar-refractivity contribution in [3.05, 3.63) is 58.1 Å². The molecule has 166 valence electrons. The number of halogens is 1. The van der Waals surface area contributed by atoms with Gasteiger partial charge in [0.2, 0.25) is 10.0 Å². The molecule has 0 radical (unpaired) electrons. The molecule has 2 aromatic carbocycles. The van der Waals surface area contributed by atoms with Crippen molar-refractivity contribution in [2.24, 2.45) is 5.41 Å². The van der Waals surface area contributed by atoms with Crippen molar-refractivity contribution in [1.82, 2.24) is 0 Å². The predicted octanol–water partition coefficient (Wildman–Crippen LogP) is 4.32. The van der Waals surface area contributed by atoms with Crippen LogP contribution in [-0.2, 0) is 14.8 Å². The summed E-state index contributed by atoms with van der Waals surface area (Å²) >= 11 is 6.12. The number of nitrogens with zero attached hydrogens (tertiary/aromatic N) is 1. The number of hydrogen-bond donors (Lipinski definition) is 1. The Morgan fingerprint density at radius 1 is 1.13 bits per heavy atom. The number of carbonyl (C=O) groups is 1. The van der Waals surface area contributed by atoms with Gasteiger partial charge in [0.1, 0.15) is 5.75 Å². The molecule has 0 amide bonds. The van der Waals surface area contributed by atoms with E-state index in [1.54, 1.807) is 57.2 Å². The van der Waals surface area contributed by atoms with E-state index in [1.165, 1.54) is 11.4 Å². The van der Waals surface area contributed by atoms with Crippen molar-refractivity contribution in [3.8, 4) is 17.6 Å². The van der Waals surface area contributed by atoms with Gasteiger partial charge >= 0.3 is 5.97 Å². The van der Waals surface area contributed by atoms with Crippen LogP contribution in [0.2, 0.25) is 5.02 Å². The van der Waals surface area contributed by atoms with Crippen molar-refractivity contribution < 1.29 is 23.1 Å². The summed E-state index contributed by atoms with van der Waals surface area (Å²) in [7, 11) is -1.94. The zero-order valence-electron chi connectivity index (χ0n) is 18.4. The fourth-order valence-electron chi connectivity index (χ4n) is 2.69. The van der Waals surface area contributed by atoms with E-state index >= 15 is 0 Å². The number of aliphatic carboxylic acids is 1. The van der Waals surface area contributed by atoms with E-state index in [-0.39, 0.29) is 0 Å². The van der Waals surface area contributed by atoms with E-state index in [4.69, 9.17) is 16.3 Å². The van der Waals surface area contributed by atoms with Crippen LogP contribution in [0.3, 0.4) is 0 Å². The molecule has 1 unspecified atom stereocenters. The van der Waals surface area contributed by atoms with Gasteiger partial charge in [-0.15, -0.1) is 0 Å². The van der Waals surface area contributed by atoms with E-state index in [1.807, 2.05) is 6.92 Å². The second kappa shape index (κ2) is 9.21. The zero-order chi connectivity index (χ0) is 23.6. The highest BCUT2D eigenvalue weighted by atomic mass is 35.5. The largest absolute Gasteiger partial charge is 0.478 e. The molecule has 0 fully saturated rings. The third-order valence-corrected chi connectivity index (χ3v) is 6.05. The molecule has 0 aliphatic rings. The van der Waals surface area contributed by atoms with Crippen LogP contribution < -0.4 is 9.04 Å². The molecule has 2 rings (SSSR count). The average Bonchev–Trinajstić information content (AvgIpc) is 2.64. The monoisotopic (exact) mass is 463 g/mol. The van der Waals surface area contributed by atoms with Crippen LogP contribution >= 0.6 is 11.6 Å². The lowest BCUT2D eigenvalue weighted by atomic mass is 9.89. The molecule has 0 bridgehead atoms. The lowest BCUT2D eigenvalue weighted by molar-refractivity contribution is -0.150. The van der Waals surface area contributed by atoms with Gasteiger partial charge in [-0.2, -0.15) is 0 Å². The van der Waals surface area contributed by atoms with Gasteiger partial charge in [-0.05, 0) is 42.8 Å². The van der Waals surface area contributed by atoms with Crippen molar-refractivity contribution in [2.45, 2.75) is 33.8 Å². The van der Waals surface area contributed by atoms with E-state index in [0.29, 0.717) is 27.6 Å². The second-order valence-electron chi connectivity index (χ2n) is 8.32. The maximum Gasteiger partial charge on any atom is 0.345 e. The maximum absolute atomic E-state index is 11.8. The highest BCUT2D eigenvalue weighted by molar-refractivity contribution is 7.92. The molecule has 1 atom stereocenters. The summed E-state index contributed by atoms with van der Waals surface area (Å²) in [5, 5.41) is 10.00. The quantitative estimate of drug-likeness (QED) is 0.667. The van der Waals surface area contributed by atoms with Crippen molar-refractivity contribution in [1.29, 1.82) is 0 Å². The Labute approximate surface area is 188 Å². The molecular formula is C23H26ClNO5S. The molecule has 0 saturated heterocycles. The molecule has 0 aromatic heterocycles. The number of sulfonamides is 1. The predicted molar refractivity (Wildman–Crippen MR) is 123 cm³/mol. The van der Waals surface area contributed by atoms with Gasteiger partial charge in [-0.1, -0.05) is 50.3 Å². The van der Waals surface area contributed by atoms with Crippen LogP contribution in [0.25, 0.3) is 0 Å². The summed E-state index contributed by atoms with van der Waals surface area (Å²) in [6.45, 7) is 7.20. The Morgan fingerprint density at radius 3 is 2.29 bits per heavy atom. The molecule has 0 heterocycles. The molecule has 0 saturated carbocycles. The first-order valence-corrected chi connectivity index (χ1v) is 11.7. The summed E-state index contributed by atoms with van der Waals surface area (Å²) in [6, 6.07) is 9.98. The van der Waals surface area contributed by atoms with Crippen LogP contribution in [0.4, 0.5) is 5.69 Å². The molecule has 0 spiro atoms. The zero-order valence-corrected chi connectivity index (χ0v) is 19.9. The molecule has 0 aliphatic carbocycles. The molecule has 31 heavy (non-hydrogen) atoms. The van der Waals surface area contributed by atoms with Crippen LogP contribution in [0.15, 0.2) is 36.4 Å². The van der Waals surface area contributed by atoms with Crippen LogP contribution in [0, 0.1) is 24.2 Å². The van der Waals surface area contributed by atoms with Gasteiger partial charge in [-0.25, -0.2) is 13.2 Å². The molecule has 6 nitrogen and oxygen atoms in total. The molecule has 8 heteroatoms. The lowest BCUT2D eigenvalue weighted by Gasteiger charge is -2.28. The minimum atomic E-state index is -3.41. The summed E-state index contributed by atoms with van der Waals surface area (Å²) < 4.78 is 30.7. The number of aryl methyl sites for hydroxylation is 1. The number of benzene rings is 2. The SMILES string of the molecule is Cc1ccc(N(C)S(C)(=O)=O)cc1C#Cc1cc(Cl)ccc1OC(C(=O)O)C(C)(C)C. The van der Waals surface area contributed by atoms with Crippen LogP contribution in [0.5, 0.6) is 5.75 Å². The fraction of sp³-hybridized carbons (Fsp3) is 0.348. The van der Waals surface area contributed by atoms with Gasteiger partial charge in [0.25, 0.3) is 0 Å². The fourth-order valence-corrected chi connectivity index (χ4v) is 3.36. The van der Waals surface area contributed by atoms with E-state index in [9.17, 15) is 18.3 Å². The number of ether oxygens (including phenoxy) is 1. The molecule has 0 aliphatic heterocycles. The minimum absolute atomic E-state index is 0.307. The highest BCUT2D eigenvalue weighted by Crippen LogP contribution is 2.29. The van der Waals surface area contributed by atoms with E-state index in [0.717, 1.165) is 11.8 Å². The van der Waals surface area contributed by atoms with Crippen molar-refractivity contribution in [3.63, 3.8) is 0 Å². The summed E-state index contributed by atoms with van der Waals surface area (Å²) in [5.74, 6) is 5.25. The van der Waals surface area contributed by atoms with Gasteiger partial charge < -0.3 is 9.84 Å². The van der Waals surface area contributed by atoms with Crippen LogP contribution in [0.1, 0.15) is 37.5 Å². The Bertz CT molecular complexity index is 1160. The average molecular weight is 464 g/mol. The minimum Gasteiger partial charge on any atom is -0.478 e. The topological polar surface area (TPSA) is 83.9 Å².